The zero-order valence-electron chi connectivity index (χ0n) is 14.5. The van der Waals surface area contributed by atoms with Crippen molar-refractivity contribution in [1.82, 2.24) is 20.3 Å². The largest absolute Gasteiger partial charge is 0.367 e. The van der Waals surface area contributed by atoms with Crippen LogP contribution in [0.3, 0.4) is 0 Å². The predicted octanol–water partition coefficient (Wildman–Crippen LogP) is 2.78. The van der Waals surface area contributed by atoms with E-state index in [4.69, 9.17) is 0 Å². The van der Waals surface area contributed by atoms with Crippen LogP contribution in [0.2, 0.25) is 0 Å². The quantitative estimate of drug-likeness (QED) is 0.512. The zero-order valence-corrected chi connectivity index (χ0v) is 14.5. The molecule has 0 saturated heterocycles. The molecule has 0 radical (unpaired) electrons. The minimum absolute atomic E-state index is 0.0627. The van der Waals surface area contributed by atoms with Crippen LogP contribution in [0.5, 0.6) is 0 Å². The van der Waals surface area contributed by atoms with Crippen molar-refractivity contribution in [2.24, 2.45) is 0 Å². The van der Waals surface area contributed by atoms with Crippen molar-refractivity contribution < 1.29 is 4.79 Å². The molecule has 4 rings (SSSR count). The van der Waals surface area contributed by atoms with E-state index < -0.39 is 0 Å². The van der Waals surface area contributed by atoms with E-state index in [1.807, 2.05) is 48.5 Å². The number of amides is 1. The van der Waals surface area contributed by atoms with E-state index in [1.54, 1.807) is 12.4 Å². The van der Waals surface area contributed by atoms with Gasteiger partial charge in [0.25, 0.3) is 0 Å². The second-order valence-corrected chi connectivity index (χ2v) is 6.29. The normalized spacial score (nSPS) is 10.8. The molecule has 0 saturated carbocycles. The van der Waals surface area contributed by atoms with Crippen LogP contribution >= 0.6 is 0 Å². The maximum absolute atomic E-state index is 12.0. The van der Waals surface area contributed by atoms with E-state index in [1.165, 1.54) is 6.07 Å². The molecule has 1 amide bonds. The summed E-state index contributed by atoms with van der Waals surface area (Å²) in [7, 11) is 0. The summed E-state index contributed by atoms with van der Waals surface area (Å²) in [4.78, 5) is 34.4. The molecule has 6 nitrogen and oxygen atoms in total. The van der Waals surface area contributed by atoms with Gasteiger partial charge in [-0.05, 0) is 17.7 Å². The molecule has 6 heteroatoms. The summed E-state index contributed by atoms with van der Waals surface area (Å²) in [6.07, 6.45) is 3.17. The van der Waals surface area contributed by atoms with Crippen molar-refractivity contribution in [2.75, 3.05) is 0 Å². The van der Waals surface area contributed by atoms with E-state index in [0.717, 1.165) is 28.0 Å². The smallest absolute Gasteiger partial charge is 0.224 e. The van der Waals surface area contributed by atoms with Crippen LogP contribution < -0.4 is 10.7 Å². The molecule has 0 aliphatic heterocycles. The van der Waals surface area contributed by atoms with Gasteiger partial charge >= 0.3 is 0 Å². The van der Waals surface area contributed by atoms with Gasteiger partial charge in [0.1, 0.15) is 5.82 Å². The van der Waals surface area contributed by atoms with Crippen molar-refractivity contribution in [2.45, 2.75) is 13.0 Å². The number of fused-ring (bicyclic) bond motifs is 1. The van der Waals surface area contributed by atoms with E-state index in [2.05, 4.69) is 20.3 Å². The third-order valence-electron chi connectivity index (χ3n) is 4.36. The van der Waals surface area contributed by atoms with E-state index >= 15 is 0 Å². The summed E-state index contributed by atoms with van der Waals surface area (Å²) in [5.41, 5.74) is 4.20. The first kappa shape index (κ1) is 16.8. The molecule has 0 spiro atoms. The lowest BCUT2D eigenvalue weighted by Crippen LogP contribution is -2.26. The molecule has 27 heavy (non-hydrogen) atoms. The SMILES string of the molecule is O=C(Cc1c[nH]ccc1=O)NCc1ccc(-c2nc3ccccc3[nH]2)cc1. The van der Waals surface area contributed by atoms with Crippen molar-refractivity contribution in [3.05, 3.63) is 88.3 Å². The third kappa shape index (κ3) is 3.79. The monoisotopic (exact) mass is 358 g/mol. The van der Waals surface area contributed by atoms with Gasteiger partial charge in [0, 0.05) is 36.1 Å². The molecular weight excluding hydrogens is 340 g/mol. The Labute approximate surface area is 155 Å². The van der Waals surface area contributed by atoms with Crippen LogP contribution in [0.1, 0.15) is 11.1 Å². The number of benzene rings is 2. The minimum atomic E-state index is -0.187. The Hall–Kier alpha value is -3.67. The Balaban J connectivity index is 1.40. The molecule has 0 bridgehead atoms. The summed E-state index contributed by atoms with van der Waals surface area (Å²) in [5, 5.41) is 2.84. The van der Waals surface area contributed by atoms with Crippen LogP contribution in [0.15, 0.2) is 71.8 Å². The number of nitrogens with zero attached hydrogens (tertiary/aromatic N) is 1. The number of hydrogen-bond donors (Lipinski definition) is 3. The van der Waals surface area contributed by atoms with Gasteiger partial charge in [-0.2, -0.15) is 0 Å². The molecule has 0 fully saturated rings. The van der Waals surface area contributed by atoms with Crippen LogP contribution in [-0.4, -0.2) is 20.9 Å². The number of rotatable bonds is 5. The number of hydrogen-bond acceptors (Lipinski definition) is 3. The first-order valence-corrected chi connectivity index (χ1v) is 8.66. The van der Waals surface area contributed by atoms with Gasteiger partial charge in [-0.3, -0.25) is 9.59 Å². The Morgan fingerprint density at radius 1 is 1.04 bits per heavy atom. The molecule has 2 aromatic heterocycles. The fourth-order valence-electron chi connectivity index (χ4n) is 2.89. The van der Waals surface area contributed by atoms with Gasteiger partial charge in [0.05, 0.1) is 17.5 Å². The molecule has 0 aliphatic rings. The molecule has 0 unspecified atom stereocenters. The number of nitrogens with one attached hydrogen (secondary N) is 3. The van der Waals surface area contributed by atoms with Gasteiger partial charge in [0.2, 0.25) is 5.91 Å². The number of pyridine rings is 1. The first-order chi connectivity index (χ1) is 13.2. The molecule has 0 atom stereocenters. The number of para-hydroxylation sites is 2. The summed E-state index contributed by atoms with van der Waals surface area (Å²) in [6, 6.07) is 17.2. The fraction of sp³-hybridized carbons (Fsp3) is 0.0952. The fourth-order valence-corrected chi connectivity index (χ4v) is 2.89. The minimum Gasteiger partial charge on any atom is -0.367 e. The Morgan fingerprint density at radius 2 is 1.85 bits per heavy atom. The van der Waals surface area contributed by atoms with E-state index in [-0.39, 0.29) is 17.8 Å². The van der Waals surface area contributed by atoms with Crippen molar-refractivity contribution in [3.8, 4) is 11.4 Å². The summed E-state index contributed by atoms with van der Waals surface area (Å²) < 4.78 is 0. The Bertz CT molecular complexity index is 1110. The lowest BCUT2D eigenvalue weighted by molar-refractivity contribution is -0.120. The van der Waals surface area contributed by atoms with Crippen molar-refractivity contribution in [3.63, 3.8) is 0 Å². The molecule has 0 aliphatic carbocycles. The first-order valence-electron chi connectivity index (χ1n) is 8.66. The topological polar surface area (TPSA) is 90.6 Å². The van der Waals surface area contributed by atoms with Gasteiger partial charge in [-0.1, -0.05) is 36.4 Å². The number of aromatic amines is 2. The summed E-state index contributed by atoms with van der Waals surface area (Å²) >= 11 is 0. The number of imidazole rings is 1. The third-order valence-corrected chi connectivity index (χ3v) is 4.36. The van der Waals surface area contributed by atoms with Gasteiger partial charge in [0.15, 0.2) is 5.43 Å². The maximum atomic E-state index is 12.0. The molecule has 4 aromatic rings. The van der Waals surface area contributed by atoms with Crippen LogP contribution in [0.25, 0.3) is 22.4 Å². The highest BCUT2D eigenvalue weighted by Crippen LogP contribution is 2.20. The van der Waals surface area contributed by atoms with Gasteiger partial charge in [-0.25, -0.2) is 4.98 Å². The van der Waals surface area contributed by atoms with Gasteiger partial charge in [-0.15, -0.1) is 0 Å². The summed E-state index contributed by atoms with van der Waals surface area (Å²) in [5.74, 6) is 0.628. The molecule has 2 heterocycles. The zero-order chi connectivity index (χ0) is 18.6. The second kappa shape index (κ2) is 7.29. The van der Waals surface area contributed by atoms with Crippen molar-refractivity contribution >= 4 is 16.9 Å². The number of H-pyrrole nitrogens is 2. The lowest BCUT2D eigenvalue weighted by atomic mass is 10.1. The Morgan fingerprint density at radius 3 is 2.63 bits per heavy atom. The average molecular weight is 358 g/mol. The highest BCUT2D eigenvalue weighted by molar-refractivity contribution is 5.79. The molecule has 2 aromatic carbocycles. The maximum Gasteiger partial charge on any atom is 0.224 e. The van der Waals surface area contributed by atoms with Crippen LogP contribution in [0, 0.1) is 0 Å². The Kier molecular flexibility index (Phi) is 4.53. The number of aromatic nitrogens is 3. The highest BCUT2D eigenvalue weighted by Gasteiger charge is 2.07. The number of carbonyl (C=O) groups excluding carboxylic acids is 1. The van der Waals surface area contributed by atoms with Crippen LogP contribution in [0.4, 0.5) is 0 Å². The van der Waals surface area contributed by atoms with E-state index in [0.29, 0.717) is 12.1 Å². The summed E-state index contributed by atoms with van der Waals surface area (Å²) in [6.45, 7) is 0.407. The van der Waals surface area contributed by atoms with Crippen molar-refractivity contribution in [1.29, 1.82) is 0 Å². The molecule has 3 N–H and O–H groups in total. The standard InChI is InChI=1S/C21H18N4O2/c26-19-9-10-22-13-16(19)11-20(27)23-12-14-5-7-15(8-6-14)21-24-17-3-1-2-4-18(17)25-21/h1-10,13H,11-12H2,(H,22,26)(H,23,27)(H,24,25). The molecular formula is C21H18N4O2. The average Bonchev–Trinajstić information content (AvgIpc) is 3.13. The van der Waals surface area contributed by atoms with Gasteiger partial charge < -0.3 is 15.3 Å². The molecule has 134 valence electrons. The number of carbonyl (C=O) groups is 1. The van der Waals surface area contributed by atoms with Crippen LogP contribution in [-0.2, 0) is 17.8 Å². The predicted molar refractivity (Wildman–Crippen MR) is 104 cm³/mol. The highest BCUT2D eigenvalue weighted by atomic mass is 16.1. The van der Waals surface area contributed by atoms with E-state index in [9.17, 15) is 9.59 Å². The second-order valence-electron chi connectivity index (χ2n) is 6.29. The lowest BCUT2D eigenvalue weighted by Gasteiger charge is -2.06.